The Bertz CT molecular complexity index is 834. The van der Waals surface area contributed by atoms with E-state index in [-0.39, 0.29) is 11.7 Å². The van der Waals surface area contributed by atoms with Gasteiger partial charge in [-0.05, 0) is 24.3 Å². The molecule has 4 nitrogen and oxygen atoms in total. The number of ketones is 1. The third kappa shape index (κ3) is 4.32. The molecule has 0 heterocycles. The summed E-state index contributed by atoms with van der Waals surface area (Å²) in [5.74, 6) is -0.507. The minimum atomic E-state index is -0.863. The second kappa shape index (κ2) is 7.93. The Labute approximate surface area is 146 Å². The van der Waals surface area contributed by atoms with Crippen molar-refractivity contribution in [2.24, 2.45) is 0 Å². The fourth-order valence-corrected chi connectivity index (χ4v) is 2.44. The molecule has 3 rings (SSSR count). The molecule has 25 heavy (non-hydrogen) atoms. The van der Waals surface area contributed by atoms with Gasteiger partial charge in [-0.25, -0.2) is 0 Å². The van der Waals surface area contributed by atoms with E-state index in [0.29, 0.717) is 11.1 Å². The van der Waals surface area contributed by atoms with Crippen LogP contribution in [0.2, 0.25) is 0 Å². The van der Waals surface area contributed by atoms with Gasteiger partial charge >= 0.3 is 0 Å². The Morgan fingerprint density at radius 3 is 1.68 bits per heavy atom. The topological polar surface area (TPSA) is 58.2 Å². The highest BCUT2D eigenvalue weighted by Gasteiger charge is 2.22. The number of hydrogen-bond acceptors (Lipinski definition) is 3. The van der Waals surface area contributed by atoms with E-state index in [1.54, 1.807) is 48.5 Å². The lowest BCUT2D eigenvalue weighted by Gasteiger charge is -2.20. The molecule has 0 saturated heterocycles. The lowest BCUT2D eigenvalue weighted by molar-refractivity contribution is 0.0869. The zero-order valence-electron chi connectivity index (χ0n) is 13.6. The fraction of sp³-hybridized carbons (Fsp3) is 0.0476. The van der Waals surface area contributed by atoms with Crippen molar-refractivity contribution in [2.45, 2.75) is 6.17 Å². The number of para-hydroxylation sites is 1. The molecular weight excluding hydrogens is 312 g/mol. The van der Waals surface area contributed by atoms with Gasteiger partial charge < -0.3 is 10.6 Å². The van der Waals surface area contributed by atoms with Crippen LogP contribution in [0.4, 0.5) is 5.69 Å². The van der Waals surface area contributed by atoms with Crippen molar-refractivity contribution in [1.82, 2.24) is 5.32 Å². The van der Waals surface area contributed by atoms with Gasteiger partial charge in [-0.1, -0.05) is 66.7 Å². The van der Waals surface area contributed by atoms with Crippen LogP contribution in [0, 0.1) is 0 Å². The molecular formula is C21H18N2O2. The van der Waals surface area contributed by atoms with Crippen LogP contribution in [-0.4, -0.2) is 17.9 Å². The normalized spacial score (nSPS) is 11.4. The highest BCUT2D eigenvalue weighted by molar-refractivity contribution is 6.05. The van der Waals surface area contributed by atoms with Gasteiger partial charge in [0.2, 0.25) is 5.78 Å². The molecule has 124 valence electrons. The maximum Gasteiger partial charge on any atom is 0.253 e. The molecule has 0 unspecified atom stereocenters. The summed E-state index contributed by atoms with van der Waals surface area (Å²) in [7, 11) is 0. The summed E-state index contributed by atoms with van der Waals surface area (Å²) in [5.41, 5.74) is 1.79. The van der Waals surface area contributed by atoms with Gasteiger partial charge in [0, 0.05) is 16.8 Å². The maximum absolute atomic E-state index is 12.8. The van der Waals surface area contributed by atoms with Crippen LogP contribution in [0.15, 0.2) is 91.0 Å². The van der Waals surface area contributed by atoms with Crippen LogP contribution in [0.25, 0.3) is 0 Å². The summed E-state index contributed by atoms with van der Waals surface area (Å²) >= 11 is 0. The van der Waals surface area contributed by atoms with Crippen LogP contribution in [-0.2, 0) is 0 Å². The molecule has 0 aromatic heterocycles. The molecule has 1 atom stereocenters. The molecule has 0 aliphatic rings. The van der Waals surface area contributed by atoms with Gasteiger partial charge in [0.15, 0.2) is 6.17 Å². The minimum Gasteiger partial charge on any atom is -0.359 e. The van der Waals surface area contributed by atoms with Crippen LogP contribution in [0.5, 0.6) is 0 Å². The molecule has 0 aliphatic carbocycles. The summed E-state index contributed by atoms with van der Waals surface area (Å²) in [6.45, 7) is 0. The average Bonchev–Trinajstić information content (AvgIpc) is 2.69. The zero-order chi connectivity index (χ0) is 17.5. The van der Waals surface area contributed by atoms with Crippen molar-refractivity contribution >= 4 is 17.4 Å². The summed E-state index contributed by atoms with van der Waals surface area (Å²) in [4.78, 5) is 25.3. The van der Waals surface area contributed by atoms with E-state index < -0.39 is 6.17 Å². The summed E-state index contributed by atoms with van der Waals surface area (Å²) in [5, 5.41) is 5.88. The van der Waals surface area contributed by atoms with E-state index in [1.165, 1.54) is 0 Å². The van der Waals surface area contributed by atoms with Crippen LogP contribution in [0.1, 0.15) is 20.7 Å². The van der Waals surface area contributed by atoms with Gasteiger partial charge in [0.25, 0.3) is 5.91 Å². The van der Waals surface area contributed by atoms with E-state index in [4.69, 9.17) is 0 Å². The largest absolute Gasteiger partial charge is 0.359 e. The van der Waals surface area contributed by atoms with E-state index in [0.717, 1.165) is 5.69 Å². The van der Waals surface area contributed by atoms with Crippen molar-refractivity contribution in [3.8, 4) is 0 Å². The summed E-state index contributed by atoms with van der Waals surface area (Å²) in [6.07, 6.45) is -0.863. The SMILES string of the molecule is O=C(N[C@@H](Nc1ccccc1)C(=O)c1ccccc1)c1ccccc1. The molecule has 0 fully saturated rings. The molecule has 0 radical (unpaired) electrons. The molecule has 2 N–H and O–H groups in total. The van der Waals surface area contributed by atoms with Crippen molar-refractivity contribution in [2.75, 3.05) is 5.32 Å². The lowest BCUT2D eigenvalue weighted by Crippen LogP contribution is -2.46. The fourth-order valence-electron chi connectivity index (χ4n) is 2.44. The Balaban J connectivity index is 1.83. The first-order chi connectivity index (χ1) is 12.2. The molecule has 1 amide bonds. The standard InChI is InChI=1S/C21H18N2O2/c24-19(16-10-4-1-5-11-16)20(22-18-14-8-3-9-15-18)23-21(25)17-12-6-2-7-13-17/h1-15,20,22H,(H,23,25)/t20-/m1/s1. The smallest absolute Gasteiger partial charge is 0.253 e. The van der Waals surface area contributed by atoms with Crippen LogP contribution in [0.3, 0.4) is 0 Å². The number of rotatable bonds is 6. The summed E-state index contributed by atoms with van der Waals surface area (Å²) in [6, 6.07) is 27.1. The Morgan fingerprint density at radius 2 is 1.12 bits per heavy atom. The van der Waals surface area contributed by atoms with E-state index in [9.17, 15) is 9.59 Å². The molecule has 0 bridgehead atoms. The number of carbonyl (C=O) groups excluding carboxylic acids is 2. The van der Waals surface area contributed by atoms with Crippen molar-refractivity contribution in [3.05, 3.63) is 102 Å². The number of Topliss-reactive ketones (excluding diaryl/α,β-unsaturated/α-hetero) is 1. The highest BCUT2D eigenvalue weighted by Crippen LogP contribution is 2.11. The highest BCUT2D eigenvalue weighted by atomic mass is 16.2. The molecule has 0 aliphatic heterocycles. The number of nitrogens with one attached hydrogen (secondary N) is 2. The van der Waals surface area contributed by atoms with Gasteiger partial charge in [-0.15, -0.1) is 0 Å². The molecule has 3 aromatic rings. The van der Waals surface area contributed by atoms with Crippen LogP contribution < -0.4 is 10.6 Å². The minimum absolute atomic E-state index is 0.200. The van der Waals surface area contributed by atoms with Crippen molar-refractivity contribution in [3.63, 3.8) is 0 Å². The van der Waals surface area contributed by atoms with E-state index >= 15 is 0 Å². The average molecular weight is 330 g/mol. The first-order valence-electron chi connectivity index (χ1n) is 8.01. The second-order valence-electron chi connectivity index (χ2n) is 5.51. The Morgan fingerprint density at radius 1 is 0.640 bits per heavy atom. The number of anilines is 1. The van der Waals surface area contributed by atoms with Gasteiger partial charge in [0.05, 0.1) is 0 Å². The predicted octanol–water partition coefficient (Wildman–Crippen LogP) is 3.74. The lowest BCUT2D eigenvalue weighted by atomic mass is 10.1. The number of amides is 1. The van der Waals surface area contributed by atoms with Gasteiger partial charge in [0.1, 0.15) is 0 Å². The quantitative estimate of drug-likeness (QED) is 0.535. The molecule has 4 heteroatoms. The Kier molecular flexibility index (Phi) is 5.22. The monoisotopic (exact) mass is 330 g/mol. The molecule has 0 spiro atoms. The molecule has 0 saturated carbocycles. The van der Waals surface area contributed by atoms with Crippen LogP contribution >= 0.6 is 0 Å². The van der Waals surface area contributed by atoms with Gasteiger partial charge in [-0.2, -0.15) is 0 Å². The predicted molar refractivity (Wildman–Crippen MR) is 98.5 cm³/mol. The number of benzene rings is 3. The third-order valence-corrected chi connectivity index (χ3v) is 3.72. The Hall–Kier alpha value is -3.40. The zero-order valence-corrected chi connectivity index (χ0v) is 13.6. The third-order valence-electron chi connectivity index (χ3n) is 3.72. The van der Waals surface area contributed by atoms with Crippen molar-refractivity contribution in [1.29, 1.82) is 0 Å². The van der Waals surface area contributed by atoms with E-state index in [1.807, 2.05) is 42.5 Å². The first-order valence-corrected chi connectivity index (χ1v) is 8.01. The summed E-state index contributed by atoms with van der Waals surface area (Å²) < 4.78 is 0. The van der Waals surface area contributed by atoms with E-state index in [2.05, 4.69) is 10.6 Å². The second-order valence-corrected chi connectivity index (χ2v) is 5.51. The van der Waals surface area contributed by atoms with Gasteiger partial charge in [-0.3, -0.25) is 9.59 Å². The first kappa shape index (κ1) is 16.5. The number of carbonyl (C=O) groups is 2. The number of hydrogen-bond donors (Lipinski definition) is 2. The maximum atomic E-state index is 12.8. The van der Waals surface area contributed by atoms with Crippen molar-refractivity contribution < 1.29 is 9.59 Å². The molecule has 3 aromatic carbocycles.